The highest BCUT2D eigenvalue weighted by molar-refractivity contribution is 7.98. The molecule has 0 amide bonds. The summed E-state index contributed by atoms with van der Waals surface area (Å²) in [6.45, 7) is 7.83. The van der Waals surface area contributed by atoms with Gasteiger partial charge < -0.3 is 5.32 Å². The van der Waals surface area contributed by atoms with Crippen LogP contribution in [0.3, 0.4) is 0 Å². The average molecular weight is 265 g/mol. The van der Waals surface area contributed by atoms with Crippen molar-refractivity contribution in [1.82, 2.24) is 5.32 Å². The van der Waals surface area contributed by atoms with Gasteiger partial charge in [-0.15, -0.1) is 11.8 Å². The maximum Gasteiger partial charge on any atom is 0.0322 e. The van der Waals surface area contributed by atoms with E-state index in [1.165, 1.54) is 29.7 Å². The molecule has 1 atom stereocenters. The molecule has 1 rings (SSSR count). The van der Waals surface area contributed by atoms with E-state index in [9.17, 15) is 0 Å². The van der Waals surface area contributed by atoms with Gasteiger partial charge in [0.25, 0.3) is 0 Å². The molecule has 0 saturated carbocycles. The quantitative estimate of drug-likeness (QED) is 0.672. The molecular weight excluding hydrogens is 238 g/mol. The highest BCUT2D eigenvalue weighted by atomic mass is 32.2. The van der Waals surface area contributed by atoms with Crippen LogP contribution in [0.25, 0.3) is 0 Å². The van der Waals surface area contributed by atoms with Crippen LogP contribution in [0.15, 0.2) is 29.2 Å². The van der Waals surface area contributed by atoms with E-state index in [-0.39, 0.29) is 0 Å². The fraction of sp³-hybridized carbons (Fsp3) is 0.625. The average Bonchev–Trinajstić information content (AvgIpc) is 2.43. The van der Waals surface area contributed by atoms with E-state index in [1.54, 1.807) is 11.8 Å². The number of rotatable bonds is 8. The zero-order valence-electron chi connectivity index (χ0n) is 12.2. The van der Waals surface area contributed by atoms with E-state index in [4.69, 9.17) is 0 Å². The van der Waals surface area contributed by atoms with Gasteiger partial charge in [0.15, 0.2) is 0 Å². The minimum absolute atomic E-state index is 0.510. The van der Waals surface area contributed by atoms with Gasteiger partial charge in [-0.25, -0.2) is 0 Å². The number of benzene rings is 1. The van der Waals surface area contributed by atoms with Crippen LogP contribution in [0.1, 0.15) is 51.6 Å². The van der Waals surface area contributed by atoms with Gasteiger partial charge >= 0.3 is 0 Å². The molecule has 1 unspecified atom stereocenters. The van der Waals surface area contributed by atoms with Crippen LogP contribution < -0.4 is 5.32 Å². The van der Waals surface area contributed by atoms with Crippen molar-refractivity contribution in [3.05, 3.63) is 29.8 Å². The van der Waals surface area contributed by atoms with Crippen molar-refractivity contribution in [1.29, 1.82) is 0 Å². The third-order valence-electron chi connectivity index (χ3n) is 3.69. The number of hydrogen-bond acceptors (Lipinski definition) is 2. The van der Waals surface area contributed by atoms with E-state index in [0.717, 1.165) is 12.5 Å². The normalized spacial score (nSPS) is 12.9. The summed E-state index contributed by atoms with van der Waals surface area (Å²) in [5.74, 6) is 0.828. The smallest absolute Gasteiger partial charge is 0.0322 e. The van der Waals surface area contributed by atoms with Crippen LogP contribution >= 0.6 is 11.8 Å². The van der Waals surface area contributed by atoms with Crippen LogP contribution in [0.4, 0.5) is 0 Å². The molecule has 0 aromatic heterocycles. The van der Waals surface area contributed by atoms with Crippen LogP contribution in [-0.4, -0.2) is 12.8 Å². The Hall–Kier alpha value is -0.470. The van der Waals surface area contributed by atoms with Gasteiger partial charge in [0.1, 0.15) is 0 Å². The van der Waals surface area contributed by atoms with Gasteiger partial charge in [0, 0.05) is 10.9 Å². The molecule has 102 valence electrons. The van der Waals surface area contributed by atoms with Gasteiger partial charge in [-0.3, -0.25) is 0 Å². The molecule has 0 saturated heterocycles. The number of hydrogen-bond donors (Lipinski definition) is 1. The largest absolute Gasteiger partial charge is 0.310 e. The first-order valence-electron chi connectivity index (χ1n) is 7.12. The maximum absolute atomic E-state index is 3.63. The standard InChI is InChI=1S/C16H27NS/c1-5-13(6-2)12-16(17-7-3)14-8-10-15(18-4)11-9-14/h8-11,13,16-17H,5-7,12H2,1-4H3. The molecule has 0 bridgehead atoms. The van der Waals surface area contributed by atoms with E-state index < -0.39 is 0 Å². The Morgan fingerprint density at radius 2 is 1.67 bits per heavy atom. The minimum atomic E-state index is 0.510. The zero-order chi connectivity index (χ0) is 13.4. The summed E-state index contributed by atoms with van der Waals surface area (Å²) in [4.78, 5) is 1.34. The molecule has 0 aliphatic rings. The Morgan fingerprint density at radius 3 is 2.11 bits per heavy atom. The second kappa shape index (κ2) is 8.60. The van der Waals surface area contributed by atoms with E-state index in [0.29, 0.717) is 6.04 Å². The lowest BCUT2D eigenvalue weighted by Crippen LogP contribution is -2.23. The molecular formula is C16H27NS. The third kappa shape index (κ3) is 4.66. The minimum Gasteiger partial charge on any atom is -0.310 e. The van der Waals surface area contributed by atoms with Crippen molar-refractivity contribution in [3.63, 3.8) is 0 Å². The predicted molar refractivity (Wildman–Crippen MR) is 83.3 cm³/mol. The molecule has 2 heteroatoms. The molecule has 0 spiro atoms. The van der Waals surface area contributed by atoms with Crippen molar-refractivity contribution in [2.45, 2.75) is 51.0 Å². The van der Waals surface area contributed by atoms with E-state index >= 15 is 0 Å². The lowest BCUT2D eigenvalue weighted by atomic mass is 9.91. The lowest BCUT2D eigenvalue weighted by Gasteiger charge is -2.23. The Balaban J connectivity index is 2.75. The Bertz CT molecular complexity index is 316. The first-order valence-corrected chi connectivity index (χ1v) is 8.34. The molecule has 18 heavy (non-hydrogen) atoms. The number of nitrogens with one attached hydrogen (secondary N) is 1. The summed E-state index contributed by atoms with van der Waals surface area (Å²) in [5, 5.41) is 3.63. The highest BCUT2D eigenvalue weighted by Crippen LogP contribution is 2.26. The third-order valence-corrected chi connectivity index (χ3v) is 4.44. The molecule has 1 aromatic rings. The molecule has 1 aromatic carbocycles. The summed E-state index contributed by atoms with van der Waals surface area (Å²) in [6.07, 6.45) is 5.93. The van der Waals surface area contributed by atoms with Crippen molar-refractivity contribution < 1.29 is 0 Å². The first-order chi connectivity index (χ1) is 8.74. The van der Waals surface area contributed by atoms with Crippen molar-refractivity contribution >= 4 is 11.8 Å². The van der Waals surface area contributed by atoms with E-state index in [1.807, 2.05) is 0 Å². The molecule has 0 aliphatic heterocycles. The Morgan fingerprint density at radius 1 is 1.06 bits per heavy atom. The molecule has 1 N–H and O–H groups in total. The summed E-state index contributed by atoms with van der Waals surface area (Å²) in [5.41, 5.74) is 1.43. The predicted octanol–water partition coefficient (Wildman–Crippen LogP) is 4.89. The first kappa shape index (κ1) is 15.6. The van der Waals surface area contributed by atoms with Crippen molar-refractivity contribution in [2.75, 3.05) is 12.8 Å². The fourth-order valence-electron chi connectivity index (χ4n) is 2.38. The summed E-state index contributed by atoms with van der Waals surface area (Å²) >= 11 is 1.81. The highest BCUT2D eigenvalue weighted by Gasteiger charge is 2.15. The van der Waals surface area contributed by atoms with Gasteiger partial charge in [-0.1, -0.05) is 45.7 Å². The molecule has 0 aliphatic carbocycles. The second-order valence-electron chi connectivity index (χ2n) is 4.80. The fourth-order valence-corrected chi connectivity index (χ4v) is 2.78. The Labute approximate surface area is 117 Å². The van der Waals surface area contributed by atoms with Gasteiger partial charge in [-0.2, -0.15) is 0 Å². The van der Waals surface area contributed by atoms with Gasteiger partial charge in [0.2, 0.25) is 0 Å². The SMILES string of the molecule is CCNC(CC(CC)CC)c1ccc(SC)cc1. The zero-order valence-corrected chi connectivity index (χ0v) is 13.0. The molecule has 0 heterocycles. The molecule has 0 fully saturated rings. The molecule has 1 nitrogen and oxygen atoms in total. The summed E-state index contributed by atoms with van der Waals surface area (Å²) in [6, 6.07) is 9.54. The molecule has 0 radical (unpaired) electrons. The van der Waals surface area contributed by atoms with E-state index in [2.05, 4.69) is 56.6 Å². The van der Waals surface area contributed by atoms with Crippen LogP contribution in [0.2, 0.25) is 0 Å². The van der Waals surface area contributed by atoms with Crippen molar-refractivity contribution in [3.8, 4) is 0 Å². The number of thioether (sulfide) groups is 1. The second-order valence-corrected chi connectivity index (χ2v) is 5.68. The van der Waals surface area contributed by atoms with Crippen LogP contribution in [-0.2, 0) is 0 Å². The maximum atomic E-state index is 3.63. The Kier molecular flexibility index (Phi) is 7.45. The van der Waals surface area contributed by atoms with Gasteiger partial charge in [-0.05, 0) is 42.8 Å². The van der Waals surface area contributed by atoms with Gasteiger partial charge in [0.05, 0.1) is 0 Å². The lowest BCUT2D eigenvalue weighted by molar-refractivity contribution is 0.375. The monoisotopic (exact) mass is 265 g/mol. The summed E-state index contributed by atoms with van der Waals surface area (Å²) < 4.78 is 0. The van der Waals surface area contributed by atoms with Crippen molar-refractivity contribution in [2.24, 2.45) is 5.92 Å². The topological polar surface area (TPSA) is 12.0 Å². The van der Waals surface area contributed by atoms with Crippen LogP contribution in [0.5, 0.6) is 0 Å². The van der Waals surface area contributed by atoms with Crippen LogP contribution in [0, 0.1) is 5.92 Å². The summed E-state index contributed by atoms with van der Waals surface area (Å²) in [7, 11) is 0.